The molecule has 19 heavy (non-hydrogen) atoms. The predicted octanol–water partition coefficient (Wildman–Crippen LogP) is 3.06. The van der Waals surface area contributed by atoms with Crippen molar-refractivity contribution in [1.82, 2.24) is 10.4 Å². The van der Waals surface area contributed by atoms with Gasteiger partial charge in [0.05, 0.1) is 0 Å². The maximum Gasteiger partial charge on any atom is 0.223 e. The molecule has 1 aliphatic rings. The highest BCUT2D eigenvalue weighted by Gasteiger charge is 2.40. The Bertz CT molecular complexity index is 304. The van der Waals surface area contributed by atoms with Gasteiger partial charge in [-0.25, -0.2) is 0 Å². The van der Waals surface area contributed by atoms with E-state index in [2.05, 4.69) is 5.32 Å². The molecule has 4 nitrogen and oxygen atoms in total. The summed E-state index contributed by atoms with van der Waals surface area (Å²) in [6.45, 7) is 11.9. The van der Waals surface area contributed by atoms with Gasteiger partial charge in [0.25, 0.3) is 0 Å². The van der Waals surface area contributed by atoms with E-state index in [-0.39, 0.29) is 17.9 Å². The lowest BCUT2D eigenvalue weighted by atomic mass is 9.78. The Morgan fingerprint density at radius 3 is 2.00 bits per heavy atom. The van der Waals surface area contributed by atoms with Gasteiger partial charge in [-0.3, -0.25) is 4.79 Å². The number of carbonyl (C=O) groups excluding carboxylic acids is 1. The van der Waals surface area contributed by atoms with Crippen LogP contribution in [0.1, 0.15) is 67.2 Å². The molecule has 1 N–H and O–H groups in total. The van der Waals surface area contributed by atoms with Gasteiger partial charge in [0.1, 0.15) is 0 Å². The third kappa shape index (κ3) is 3.69. The average molecular weight is 269 g/mol. The van der Waals surface area contributed by atoms with Gasteiger partial charge in [0.2, 0.25) is 5.91 Å². The fourth-order valence-corrected chi connectivity index (χ4v) is 3.34. The molecular weight excluding hydrogens is 240 g/mol. The fraction of sp³-hybridized carbons (Fsp3) is 0.933. The monoisotopic (exact) mass is 269 g/mol. The van der Waals surface area contributed by atoms with Crippen LogP contribution in [0.15, 0.2) is 0 Å². The number of amides is 1. The molecule has 1 aliphatic heterocycles. The number of carbonyl (C=O) groups is 1. The highest BCUT2D eigenvalue weighted by atomic mass is 16.5. The number of rotatable bonds is 4. The minimum atomic E-state index is -0.423. The van der Waals surface area contributed by atoms with Gasteiger partial charge >= 0.3 is 0 Å². The van der Waals surface area contributed by atoms with Crippen LogP contribution in [0.2, 0.25) is 0 Å². The molecule has 1 rings (SSSR count). The average Bonchev–Trinajstić information content (AvgIpc) is 2.26. The Kier molecular flexibility index (Phi) is 5.02. The Balaban J connectivity index is 2.73. The number of hydrogen-bond donors (Lipinski definition) is 1. The maximum absolute atomic E-state index is 12.3. The predicted molar refractivity (Wildman–Crippen MR) is 78.6 cm³/mol. The quantitative estimate of drug-likeness (QED) is 0.853. The number of hydrogen-bond acceptors (Lipinski definition) is 3. The van der Waals surface area contributed by atoms with E-state index in [4.69, 9.17) is 0 Å². The first kappa shape index (κ1) is 16.4. The highest BCUT2D eigenvalue weighted by molar-refractivity contribution is 5.78. The molecule has 0 unspecified atom stereocenters. The van der Waals surface area contributed by atoms with Crippen LogP contribution in [0.4, 0.5) is 0 Å². The van der Waals surface area contributed by atoms with Gasteiger partial charge in [0.15, 0.2) is 0 Å². The molecule has 1 fully saturated rings. The molecule has 0 radical (unpaired) electrons. The summed E-state index contributed by atoms with van der Waals surface area (Å²) >= 11 is 0. The number of nitrogens with one attached hydrogen (secondary N) is 1. The fourth-order valence-electron chi connectivity index (χ4n) is 3.34. The summed E-state index contributed by atoms with van der Waals surface area (Å²) in [6.07, 6.45) is 3.17. The Labute approximate surface area is 117 Å². The van der Waals surface area contributed by atoms with Crippen LogP contribution in [-0.2, 0) is 4.79 Å². The molecule has 1 amide bonds. The van der Waals surface area contributed by atoms with E-state index < -0.39 is 11.1 Å². The lowest BCUT2D eigenvalue weighted by Crippen LogP contribution is -2.62. The second-order valence-corrected chi connectivity index (χ2v) is 7.05. The van der Waals surface area contributed by atoms with E-state index in [1.54, 1.807) is 0 Å². The smallest absolute Gasteiger partial charge is 0.223 e. The molecule has 0 aromatic heterocycles. The summed E-state index contributed by atoms with van der Waals surface area (Å²) in [6, 6.07) is 0.100. The Hall–Kier alpha value is -0.610. The number of piperidine rings is 1. The largest absolute Gasteiger partial charge is 0.784 e. The van der Waals surface area contributed by atoms with Crippen molar-refractivity contribution in [3.63, 3.8) is 0 Å². The second-order valence-electron chi connectivity index (χ2n) is 7.05. The van der Waals surface area contributed by atoms with Gasteiger partial charge in [0, 0.05) is 23.0 Å². The standard InChI is InChI=1S/C15H29N2O2/c1-7-11(8-2)13(18)16-12-9-14(3,4)17(19)15(5,6)10-12/h11-12H,7-10H2,1-6H3,(H,16,18)/q-1. The molecule has 1 heterocycles. The zero-order valence-corrected chi connectivity index (χ0v) is 13.2. The van der Waals surface area contributed by atoms with Crippen molar-refractivity contribution in [3.05, 3.63) is 5.21 Å². The molecule has 0 bridgehead atoms. The third-order valence-electron chi connectivity index (χ3n) is 4.29. The van der Waals surface area contributed by atoms with Crippen LogP contribution < -0.4 is 5.32 Å². The lowest BCUT2D eigenvalue weighted by molar-refractivity contribution is -0.127. The second kappa shape index (κ2) is 5.80. The zero-order chi connectivity index (χ0) is 14.8. The normalized spacial score (nSPS) is 23.6. The molecule has 0 atom stereocenters. The molecule has 0 aliphatic carbocycles. The highest BCUT2D eigenvalue weighted by Crippen LogP contribution is 2.37. The Morgan fingerprint density at radius 1 is 1.21 bits per heavy atom. The molecule has 4 heteroatoms. The van der Waals surface area contributed by atoms with E-state index in [1.165, 1.54) is 5.06 Å². The van der Waals surface area contributed by atoms with E-state index in [1.807, 2.05) is 41.5 Å². The first-order chi connectivity index (χ1) is 8.64. The van der Waals surface area contributed by atoms with Gasteiger partial charge in [-0.2, -0.15) is 0 Å². The number of nitrogens with zero attached hydrogens (tertiary/aromatic N) is 1. The third-order valence-corrected chi connectivity index (χ3v) is 4.29. The minimum absolute atomic E-state index is 0.0940. The summed E-state index contributed by atoms with van der Waals surface area (Å²) in [5, 5.41) is 16.6. The van der Waals surface area contributed by atoms with Crippen molar-refractivity contribution >= 4 is 5.91 Å². The van der Waals surface area contributed by atoms with Crippen molar-refractivity contribution in [2.75, 3.05) is 0 Å². The molecule has 112 valence electrons. The molecule has 0 aromatic carbocycles. The van der Waals surface area contributed by atoms with Crippen LogP contribution >= 0.6 is 0 Å². The van der Waals surface area contributed by atoms with Crippen molar-refractivity contribution in [3.8, 4) is 0 Å². The van der Waals surface area contributed by atoms with Crippen molar-refractivity contribution in [2.24, 2.45) is 5.92 Å². The summed E-state index contributed by atoms with van der Waals surface area (Å²) in [5.41, 5.74) is -0.846. The van der Waals surface area contributed by atoms with Crippen LogP contribution in [0, 0.1) is 11.1 Å². The van der Waals surface area contributed by atoms with Crippen LogP contribution in [0.3, 0.4) is 0 Å². The lowest BCUT2D eigenvalue weighted by Gasteiger charge is -2.60. The van der Waals surface area contributed by atoms with Gasteiger partial charge in [-0.05, 0) is 53.4 Å². The van der Waals surface area contributed by atoms with Crippen LogP contribution in [0.25, 0.3) is 0 Å². The molecule has 0 aromatic rings. The SMILES string of the molecule is CCC(CC)C(=O)NC1CC(C)(C)N([O-])C(C)(C)C1. The van der Waals surface area contributed by atoms with E-state index >= 15 is 0 Å². The zero-order valence-electron chi connectivity index (χ0n) is 13.2. The summed E-state index contributed by atoms with van der Waals surface area (Å²) in [7, 11) is 0. The molecular formula is C15H29N2O2-. The molecule has 0 spiro atoms. The summed E-state index contributed by atoms with van der Waals surface area (Å²) in [5.74, 6) is 0.234. The van der Waals surface area contributed by atoms with E-state index in [0.29, 0.717) is 12.8 Å². The van der Waals surface area contributed by atoms with E-state index in [0.717, 1.165) is 12.8 Å². The summed E-state index contributed by atoms with van der Waals surface area (Å²) < 4.78 is 0. The topological polar surface area (TPSA) is 55.4 Å². The van der Waals surface area contributed by atoms with E-state index in [9.17, 15) is 10.0 Å². The van der Waals surface area contributed by atoms with Crippen molar-refractivity contribution < 1.29 is 4.79 Å². The summed E-state index contributed by atoms with van der Waals surface area (Å²) in [4.78, 5) is 12.2. The first-order valence-corrected chi connectivity index (χ1v) is 7.42. The van der Waals surface area contributed by atoms with Crippen molar-refractivity contribution in [2.45, 2.75) is 84.3 Å². The molecule has 0 saturated carbocycles. The molecule has 1 saturated heterocycles. The van der Waals surface area contributed by atoms with Crippen LogP contribution in [-0.4, -0.2) is 28.1 Å². The minimum Gasteiger partial charge on any atom is -0.784 e. The first-order valence-electron chi connectivity index (χ1n) is 7.42. The number of hydroxylamine groups is 2. The van der Waals surface area contributed by atoms with Crippen LogP contribution in [0.5, 0.6) is 0 Å². The van der Waals surface area contributed by atoms with Gasteiger partial charge in [-0.1, -0.05) is 13.8 Å². The van der Waals surface area contributed by atoms with Gasteiger partial charge in [-0.15, -0.1) is 0 Å². The Morgan fingerprint density at radius 2 is 1.63 bits per heavy atom. The van der Waals surface area contributed by atoms with Crippen molar-refractivity contribution in [1.29, 1.82) is 0 Å². The maximum atomic E-state index is 12.3. The van der Waals surface area contributed by atoms with Gasteiger partial charge < -0.3 is 15.6 Å².